The Morgan fingerprint density at radius 3 is 2.94 bits per heavy atom. The molecule has 1 aromatic carbocycles. The Morgan fingerprint density at radius 2 is 2.22 bits per heavy atom. The first-order valence-corrected chi connectivity index (χ1v) is 5.85. The fourth-order valence-corrected chi connectivity index (χ4v) is 1.82. The predicted octanol–water partition coefficient (Wildman–Crippen LogP) is 2.94. The first-order chi connectivity index (χ1) is 8.70. The van der Waals surface area contributed by atoms with Crippen molar-refractivity contribution in [2.75, 3.05) is 18.2 Å². The van der Waals surface area contributed by atoms with E-state index in [0.29, 0.717) is 23.1 Å². The van der Waals surface area contributed by atoms with Crippen LogP contribution in [0.25, 0.3) is 0 Å². The second-order valence-electron chi connectivity index (χ2n) is 3.76. The minimum absolute atomic E-state index is 0.547. The number of ether oxygens (including phenoxy) is 1. The predicted molar refractivity (Wildman–Crippen MR) is 74.0 cm³/mol. The van der Waals surface area contributed by atoms with Crippen LogP contribution < -0.4 is 15.8 Å². The van der Waals surface area contributed by atoms with Crippen LogP contribution in [-0.2, 0) is 6.54 Å². The molecule has 2 rings (SSSR count). The molecule has 1 aromatic heterocycles. The molecule has 5 heteroatoms. The van der Waals surface area contributed by atoms with Gasteiger partial charge >= 0.3 is 0 Å². The molecule has 18 heavy (non-hydrogen) atoms. The summed E-state index contributed by atoms with van der Waals surface area (Å²) in [6, 6.07) is 9.08. The molecule has 0 amide bonds. The van der Waals surface area contributed by atoms with Crippen molar-refractivity contribution in [2.24, 2.45) is 0 Å². The Hall–Kier alpha value is -1.94. The Kier molecular flexibility index (Phi) is 3.89. The number of aromatic nitrogens is 1. The van der Waals surface area contributed by atoms with Gasteiger partial charge < -0.3 is 15.8 Å². The number of methoxy groups -OCH3 is 1. The van der Waals surface area contributed by atoms with Crippen LogP contribution in [0, 0.1) is 0 Å². The molecule has 0 bridgehead atoms. The van der Waals surface area contributed by atoms with E-state index in [0.717, 1.165) is 11.3 Å². The lowest BCUT2D eigenvalue weighted by atomic mass is 10.2. The molecule has 0 atom stereocenters. The summed E-state index contributed by atoms with van der Waals surface area (Å²) in [4.78, 5) is 4.16. The number of pyridine rings is 1. The van der Waals surface area contributed by atoms with E-state index < -0.39 is 0 Å². The Morgan fingerprint density at radius 1 is 1.39 bits per heavy atom. The number of rotatable bonds is 4. The minimum atomic E-state index is 0.547. The molecule has 0 saturated heterocycles. The summed E-state index contributed by atoms with van der Waals surface area (Å²) < 4.78 is 5.27. The lowest BCUT2D eigenvalue weighted by Crippen LogP contribution is -2.04. The number of nitrogens with zero attached hydrogens (tertiary/aromatic N) is 1. The van der Waals surface area contributed by atoms with Gasteiger partial charge in [-0.1, -0.05) is 11.6 Å². The summed E-state index contributed by atoms with van der Waals surface area (Å²) in [6.07, 6.45) is 1.69. The Bertz CT molecular complexity index is 546. The molecule has 94 valence electrons. The summed E-state index contributed by atoms with van der Waals surface area (Å²) in [5, 5.41) is 3.74. The maximum Gasteiger partial charge on any atom is 0.145 e. The number of nitrogen functional groups attached to an aromatic ring is 1. The van der Waals surface area contributed by atoms with E-state index in [9.17, 15) is 0 Å². The zero-order chi connectivity index (χ0) is 13.0. The number of hydrogen-bond acceptors (Lipinski definition) is 4. The van der Waals surface area contributed by atoms with Crippen LogP contribution in [0.5, 0.6) is 5.75 Å². The monoisotopic (exact) mass is 263 g/mol. The van der Waals surface area contributed by atoms with Crippen LogP contribution in [0.1, 0.15) is 5.56 Å². The molecule has 0 aliphatic heterocycles. The summed E-state index contributed by atoms with van der Waals surface area (Å²) >= 11 is 6.01. The van der Waals surface area contributed by atoms with Crippen LogP contribution in [0.2, 0.25) is 5.02 Å². The van der Waals surface area contributed by atoms with Gasteiger partial charge in [0.15, 0.2) is 0 Å². The highest BCUT2D eigenvalue weighted by Crippen LogP contribution is 2.23. The maximum atomic E-state index is 6.01. The highest BCUT2D eigenvalue weighted by atomic mass is 35.5. The summed E-state index contributed by atoms with van der Waals surface area (Å²) in [6.45, 7) is 0.547. The third-order valence-corrected chi connectivity index (χ3v) is 2.81. The minimum Gasteiger partial charge on any atom is -0.496 e. The van der Waals surface area contributed by atoms with Crippen molar-refractivity contribution >= 4 is 23.1 Å². The second kappa shape index (κ2) is 5.60. The van der Waals surface area contributed by atoms with Gasteiger partial charge in [0.05, 0.1) is 12.1 Å². The van der Waals surface area contributed by atoms with Crippen molar-refractivity contribution in [3.05, 3.63) is 47.1 Å². The van der Waals surface area contributed by atoms with E-state index in [4.69, 9.17) is 22.1 Å². The van der Waals surface area contributed by atoms with Crippen molar-refractivity contribution in [3.63, 3.8) is 0 Å². The third kappa shape index (κ3) is 2.84. The molecule has 0 unspecified atom stereocenters. The summed E-state index contributed by atoms with van der Waals surface area (Å²) in [7, 11) is 1.63. The molecule has 4 nitrogen and oxygen atoms in total. The van der Waals surface area contributed by atoms with Crippen molar-refractivity contribution in [2.45, 2.75) is 6.54 Å². The fraction of sp³-hybridized carbons (Fsp3) is 0.154. The molecular formula is C13H14ClN3O. The Balaban J connectivity index is 2.15. The standard InChI is InChI=1S/C13H14ClN3O/c1-18-12-5-4-10(15)7-9(12)8-17-13-11(14)3-2-6-16-13/h2-7H,8,15H2,1H3,(H,16,17). The number of nitrogens with one attached hydrogen (secondary N) is 1. The molecule has 1 heterocycles. The molecule has 2 aromatic rings. The van der Waals surface area contributed by atoms with Crippen molar-refractivity contribution in [3.8, 4) is 5.75 Å². The smallest absolute Gasteiger partial charge is 0.145 e. The molecule has 0 fully saturated rings. The highest BCUT2D eigenvalue weighted by molar-refractivity contribution is 6.32. The summed E-state index contributed by atoms with van der Waals surface area (Å²) in [5.74, 6) is 1.42. The lowest BCUT2D eigenvalue weighted by molar-refractivity contribution is 0.410. The van der Waals surface area contributed by atoms with Gasteiger partial charge in [0.1, 0.15) is 11.6 Å². The van der Waals surface area contributed by atoms with Gasteiger partial charge in [-0.25, -0.2) is 4.98 Å². The van der Waals surface area contributed by atoms with Gasteiger partial charge in [-0.15, -0.1) is 0 Å². The largest absolute Gasteiger partial charge is 0.496 e. The van der Waals surface area contributed by atoms with E-state index in [2.05, 4.69) is 10.3 Å². The van der Waals surface area contributed by atoms with Crippen LogP contribution in [0.15, 0.2) is 36.5 Å². The topological polar surface area (TPSA) is 60.2 Å². The fourth-order valence-electron chi connectivity index (χ4n) is 1.63. The molecule has 0 aliphatic rings. The zero-order valence-corrected chi connectivity index (χ0v) is 10.7. The average molecular weight is 264 g/mol. The quantitative estimate of drug-likeness (QED) is 0.833. The molecule has 3 N–H and O–H groups in total. The number of nitrogens with two attached hydrogens (primary N) is 1. The first kappa shape index (κ1) is 12.5. The zero-order valence-electron chi connectivity index (χ0n) is 9.98. The molecule has 0 radical (unpaired) electrons. The molecular weight excluding hydrogens is 250 g/mol. The van der Waals surface area contributed by atoms with E-state index in [1.165, 1.54) is 0 Å². The second-order valence-corrected chi connectivity index (χ2v) is 4.17. The van der Waals surface area contributed by atoms with Crippen LogP contribution in [-0.4, -0.2) is 12.1 Å². The van der Waals surface area contributed by atoms with E-state index >= 15 is 0 Å². The van der Waals surface area contributed by atoms with E-state index in [-0.39, 0.29) is 0 Å². The SMILES string of the molecule is COc1ccc(N)cc1CNc1ncccc1Cl. The van der Waals surface area contributed by atoms with Crippen LogP contribution in [0.3, 0.4) is 0 Å². The number of anilines is 2. The van der Waals surface area contributed by atoms with Crippen LogP contribution in [0.4, 0.5) is 11.5 Å². The molecule has 0 saturated carbocycles. The average Bonchev–Trinajstić information content (AvgIpc) is 2.38. The van der Waals surface area contributed by atoms with Crippen molar-refractivity contribution in [1.82, 2.24) is 4.98 Å². The number of benzene rings is 1. The number of hydrogen-bond donors (Lipinski definition) is 2. The highest BCUT2D eigenvalue weighted by Gasteiger charge is 2.05. The van der Waals surface area contributed by atoms with Gasteiger partial charge in [-0.2, -0.15) is 0 Å². The number of halogens is 1. The molecule has 0 spiro atoms. The first-order valence-electron chi connectivity index (χ1n) is 5.47. The van der Waals surface area contributed by atoms with E-state index in [1.54, 1.807) is 31.5 Å². The summed E-state index contributed by atoms with van der Waals surface area (Å²) in [5.41, 5.74) is 7.41. The Labute approximate surface area is 111 Å². The van der Waals surface area contributed by atoms with Gasteiger partial charge in [0.25, 0.3) is 0 Å². The van der Waals surface area contributed by atoms with Gasteiger partial charge in [-0.05, 0) is 30.3 Å². The maximum absolute atomic E-state index is 6.01. The molecule has 0 aliphatic carbocycles. The lowest BCUT2D eigenvalue weighted by Gasteiger charge is -2.11. The van der Waals surface area contributed by atoms with Crippen molar-refractivity contribution in [1.29, 1.82) is 0 Å². The van der Waals surface area contributed by atoms with Gasteiger partial charge in [0.2, 0.25) is 0 Å². The van der Waals surface area contributed by atoms with Gasteiger partial charge in [-0.3, -0.25) is 0 Å². The van der Waals surface area contributed by atoms with Crippen LogP contribution >= 0.6 is 11.6 Å². The van der Waals surface area contributed by atoms with Crippen molar-refractivity contribution < 1.29 is 4.74 Å². The third-order valence-electron chi connectivity index (χ3n) is 2.51. The van der Waals surface area contributed by atoms with E-state index in [1.807, 2.05) is 12.1 Å². The normalized spacial score (nSPS) is 10.1. The van der Waals surface area contributed by atoms with Gasteiger partial charge in [0, 0.05) is 24.0 Å².